The molecule has 1 heterocycles. The van der Waals surface area contributed by atoms with Gasteiger partial charge in [-0.1, -0.05) is 36.4 Å². The predicted molar refractivity (Wildman–Crippen MR) is 135 cm³/mol. The first kappa shape index (κ1) is 23.4. The number of cyclic esters (lactones) is 1. The number of esters is 1. The monoisotopic (exact) mass is 570 g/mol. The van der Waals surface area contributed by atoms with Crippen molar-refractivity contribution in [3.63, 3.8) is 0 Å². The van der Waals surface area contributed by atoms with Crippen molar-refractivity contribution in [3.05, 3.63) is 103 Å². The highest BCUT2D eigenvalue weighted by atomic mass is 127. The predicted octanol–water partition coefficient (Wildman–Crippen LogP) is 5.17. The lowest BCUT2D eigenvalue weighted by Crippen LogP contribution is -2.06. The summed E-state index contributed by atoms with van der Waals surface area (Å²) in [5.41, 5.74) is 2.16. The number of hydrogen-bond acceptors (Lipinski definition) is 7. The normalized spacial score (nSPS) is 14.0. The van der Waals surface area contributed by atoms with Gasteiger partial charge in [-0.05, 0) is 58.0 Å². The number of ether oxygens (including phenoxy) is 3. The fourth-order valence-electron chi connectivity index (χ4n) is 3.32. The fourth-order valence-corrected chi connectivity index (χ4v) is 4.10. The smallest absolute Gasteiger partial charge is 0.363 e. The molecule has 0 aromatic heterocycles. The Morgan fingerprint density at radius 3 is 2.65 bits per heavy atom. The van der Waals surface area contributed by atoms with E-state index in [4.69, 9.17) is 14.2 Å². The van der Waals surface area contributed by atoms with Gasteiger partial charge in [-0.3, -0.25) is 10.1 Å². The molecule has 8 nitrogen and oxygen atoms in total. The second kappa shape index (κ2) is 10.5. The van der Waals surface area contributed by atoms with Crippen LogP contribution in [0.25, 0.3) is 6.08 Å². The SMILES string of the molecule is COc1cc(/C=C2\N=C(c3cccc([N+](=O)[O-])c3)OC2=O)cc(I)c1OCCc1ccccc1. The number of methoxy groups -OCH3 is 1. The Labute approximate surface area is 209 Å². The lowest BCUT2D eigenvalue weighted by molar-refractivity contribution is -0.384. The Kier molecular flexibility index (Phi) is 7.21. The number of aliphatic imine (C=N–C) groups is 1. The number of non-ortho nitro benzene ring substituents is 1. The minimum absolute atomic E-state index is 0.0162. The van der Waals surface area contributed by atoms with Crippen LogP contribution in [-0.4, -0.2) is 30.5 Å². The number of rotatable bonds is 8. The Morgan fingerprint density at radius 2 is 1.91 bits per heavy atom. The van der Waals surface area contributed by atoms with Crippen molar-refractivity contribution in [2.24, 2.45) is 4.99 Å². The molecule has 0 aliphatic carbocycles. The molecule has 172 valence electrons. The number of halogens is 1. The third kappa shape index (κ3) is 5.42. The zero-order valence-electron chi connectivity index (χ0n) is 18.1. The summed E-state index contributed by atoms with van der Waals surface area (Å²) in [5.74, 6) is 0.526. The Morgan fingerprint density at radius 1 is 1.12 bits per heavy atom. The maximum absolute atomic E-state index is 12.4. The summed E-state index contributed by atoms with van der Waals surface area (Å²) in [5, 5.41) is 11.0. The van der Waals surface area contributed by atoms with Gasteiger partial charge in [0.2, 0.25) is 5.90 Å². The molecule has 9 heteroatoms. The van der Waals surface area contributed by atoms with Crippen LogP contribution in [0.2, 0.25) is 0 Å². The van der Waals surface area contributed by atoms with Crippen LogP contribution in [0, 0.1) is 13.7 Å². The zero-order chi connectivity index (χ0) is 24.1. The summed E-state index contributed by atoms with van der Waals surface area (Å²) < 4.78 is 17.5. The molecule has 0 spiro atoms. The van der Waals surface area contributed by atoms with Crippen molar-refractivity contribution < 1.29 is 23.9 Å². The lowest BCUT2D eigenvalue weighted by atomic mass is 10.1. The van der Waals surface area contributed by atoms with Crippen LogP contribution >= 0.6 is 22.6 Å². The van der Waals surface area contributed by atoms with E-state index in [0.29, 0.717) is 29.2 Å². The molecule has 0 radical (unpaired) electrons. The molecule has 3 aromatic carbocycles. The molecule has 0 N–H and O–H groups in total. The number of nitro groups is 1. The van der Waals surface area contributed by atoms with Gasteiger partial charge in [0.05, 0.1) is 22.2 Å². The van der Waals surface area contributed by atoms with Crippen molar-refractivity contribution in [2.45, 2.75) is 6.42 Å². The van der Waals surface area contributed by atoms with E-state index in [-0.39, 0.29) is 17.3 Å². The molecule has 34 heavy (non-hydrogen) atoms. The van der Waals surface area contributed by atoms with E-state index in [1.165, 1.54) is 23.8 Å². The molecule has 4 rings (SSSR count). The van der Waals surface area contributed by atoms with E-state index in [0.717, 1.165) is 9.99 Å². The van der Waals surface area contributed by atoms with Gasteiger partial charge in [-0.25, -0.2) is 9.79 Å². The third-order valence-corrected chi connectivity index (χ3v) is 5.76. The highest BCUT2D eigenvalue weighted by Gasteiger charge is 2.25. The number of nitro benzene ring substituents is 1. The summed E-state index contributed by atoms with van der Waals surface area (Å²) in [7, 11) is 1.55. The quantitative estimate of drug-likeness (QED) is 0.122. The molecule has 1 aliphatic rings. The third-order valence-electron chi connectivity index (χ3n) is 4.96. The number of benzene rings is 3. The molecule has 0 atom stereocenters. The molecule has 0 saturated carbocycles. The maximum Gasteiger partial charge on any atom is 0.363 e. The van der Waals surface area contributed by atoms with Gasteiger partial charge in [0.25, 0.3) is 5.69 Å². The average molecular weight is 570 g/mol. The van der Waals surface area contributed by atoms with Crippen LogP contribution in [0.15, 0.2) is 77.4 Å². The topological polar surface area (TPSA) is 100 Å². The Balaban J connectivity index is 1.55. The second-order valence-corrected chi connectivity index (χ2v) is 8.42. The molecule has 0 unspecified atom stereocenters. The van der Waals surface area contributed by atoms with Crippen molar-refractivity contribution >= 4 is 46.2 Å². The number of nitrogens with zero attached hydrogens (tertiary/aromatic N) is 2. The average Bonchev–Trinajstić information content (AvgIpc) is 3.21. The Hall–Kier alpha value is -3.73. The number of hydrogen-bond donors (Lipinski definition) is 0. The fraction of sp³-hybridized carbons (Fsp3) is 0.120. The minimum atomic E-state index is -0.640. The van der Waals surface area contributed by atoms with Crippen molar-refractivity contribution in [3.8, 4) is 11.5 Å². The highest BCUT2D eigenvalue weighted by Crippen LogP contribution is 2.35. The molecule has 0 fully saturated rings. The molecule has 3 aromatic rings. The molecule has 1 aliphatic heterocycles. The maximum atomic E-state index is 12.4. The van der Waals surface area contributed by atoms with Crippen molar-refractivity contribution in [2.75, 3.05) is 13.7 Å². The molecule has 0 saturated heterocycles. The summed E-state index contributed by atoms with van der Waals surface area (Å²) in [6.07, 6.45) is 2.33. The zero-order valence-corrected chi connectivity index (χ0v) is 20.2. The first-order valence-corrected chi connectivity index (χ1v) is 11.3. The van der Waals surface area contributed by atoms with E-state index in [1.807, 2.05) is 36.4 Å². The van der Waals surface area contributed by atoms with E-state index < -0.39 is 10.9 Å². The largest absolute Gasteiger partial charge is 0.493 e. The summed E-state index contributed by atoms with van der Waals surface area (Å²) in [4.78, 5) is 27.1. The molecular weight excluding hydrogens is 551 g/mol. The molecular formula is C25H19IN2O6. The number of carbonyl (C=O) groups is 1. The molecule has 0 amide bonds. The summed E-state index contributed by atoms with van der Waals surface area (Å²) in [6, 6.07) is 19.4. The minimum Gasteiger partial charge on any atom is -0.493 e. The van der Waals surface area contributed by atoms with Crippen LogP contribution in [0.4, 0.5) is 5.69 Å². The van der Waals surface area contributed by atoms with Crippen molar-refractivity contribution in [1.82, 2.24) is 0 Å². The standard InChI is InChI=1S/C25H19IN2O6/c1-32-22-14-17(12-20(26)23(22)33-11-10-16-6-3-2-4-7-16)13-21-25(29)34-24(27-21)18-8-5-9-19(15-18)28(30)31/h2-9,12-15H,10-11H2,1H3/b21-13-. The van der Waals surface area contributed by atoms with Gasteiger partial charge in [0.1, 0.15) is 0 Å². The van der Waals surface area contributed by atoms with E-state index in [2.05, 4.69) is 27.6 Å². The van der Waals surface area contributed by atoms with Gasteiger partial charge in [0, 0.05) is 24.1 Å². The Bertz CT molecular complexity index is 1300. The first-order chi connectivity index (χ1) is 16.4. The lowest BCUT2D eigenvalue weighted by Gasteiger charge is -2.13. The van der Waals surface area contributed by atoms with Crippen LogP contribution in [0.5, 0.6) is 11.5 Å². The highest BCUT2D eigenvalue weighted by molar-refractivity contribution is 14.1. The van der Waals surface area contributed by atoms with Crippen LogP contribution in [0.1, 0.15) is 16.7 Å². The van der Waals surface area contributed by atoms with Gasteiger partial charge < -0.3 is 14.2 Å². The van der Waals surface area contributed by atoms with Crippen LogP contribution in [0.3, 0.4) is 0 Å². The summed E-state index contributed by atoms with van der Waals surface area (Å²) >= 11 is 2.15. The van der Waals surface area contributed by atoms with Gasteiger partial charge in [0.15, 0.2) is 17.2 Å². The van der Waals surface area contributed by atoms with E-state index >= 15 is 0 Å². The van der Waals surface area contributed by atoms with Gasteiger partial charge in [-0.2, -0.15) is 0 Å². The second-order valence-electron chi connectivity index (χ2n) is 7.26. The van der Waals surface area contributed by atoms with Crippen LogP contribution in [-0.2, 0) is 16.0 Å². The van der Waals surface area contributed by atoms with Gasteiger partial charge >= 0.3 is 5.97 Å². The number of carbonyl (C=O) groups excluding carboxylic acids is 1. The summed E-state index contributed by atoms with van der Waals surface area (Å²) in [6.45, 7) is 0.486. The van der Waals surface area contributed by atoms with E-state index in [9.17, 15) is 14.9 Å². The van der Waals surface area contributed by atoms with Crippen LogP contribution < -0.4 is 9.47 Å². The molecule has 0 bridgehead atoms. The van der Waals surface area contributed by atoms with Crippen molar-refractivity contribution in [1.29, 1.82) is 0 Å². The van der Waals surface area contributed by atoms with Gasteiger partial charge in [-0.15, -0.1) is 0 Å². The van der Waals surface area contributed by atoms with E-state index in [1.54, 1.807) is 25.3 Å². The first-order valence-electron chi connectivity index (χ1n) is 10.3.